The van der Waals surface area contributed by atoms with E-state index in [9.17, 15) is 14.9 Å². The highest BCUT2D eigenvalue weighted by molar-refractivity contribution is 6.00. The van der Waals surface area contributed by atoms with Gasteiger partial charge in [-0.2, -0.15) is 5.10 Å². The zero-order valence-electron chi connectivity index (χ0n) is 16.1. The van der Waals surface area contributed by atoms with Crippen molar-refractivity contribution in [1.29, 1.82) is 0 Å². The fourth-order valence-electron chi connectivity index (χ4n) is 2.91. The van der Waals surface area contributed by atoms with Crippen molar-refractivity contribution in [3.63, 3.8) is 0 Å². The van der Waals surface area contributed by atoms with Crippen LogP contribution >= 0.6 is 0 Å². The van der Waals surface area contributed by atoms with Crippen molar-refractivity contribution in [3.8, 4) is 22.8 Å². The van der Waals surface area contributed by atoms with Gasteiger partial charge in [-0.3, -0.25) is 20.0 Å². The molecule has 1 aromatic heterocycles. The number of methoxy groups -OCH3 is 2. The molecule has 2 aromatic carbocycles. The van der Waals surface area contributed by atoms with E-state index in [-0.39, 0.29) is 17.6 Å². The lowest BCUT2D eigenvalue weighted by Gasteiger charge is -2.16. The average molecular weight is 396 g/mol. The Morgan fingerprint density at radius 2 is 1.83 bits per heavy atom. The van der Waals surface area contributed by atoms with Gasteiger partial charge >= 0.3 is 0 Å². The minimum atomic E-state index is -0.477. The number of amides is 1. The number of nitro benzene ring substituents is 1. The Bertz CT molecular complexity index is 1030. The molecule has 9 heteroatoms. The van der Waals surface area contributed by atoms with Crippen molar-refractivity contribution < 1.29 is 19.2 Å². The second kappa shape index (κ2) is 8.42. The molecule has 0 saturated heterocycles. The molecule has 0 bridgehead atoms. The van der Waals surface area contributed by atoms with Crippen LogP contribution in [0.3, 0.4) is 0 Å². The lowest BCUT2D eigenvalue weighted by atomic mass is 10.1. The molecule has 0 spiro atoms. The van der Waals surface area contributed by atoms with E-state index in [4.69, 9.17) is 9.47 Å². The van der Waals surface area contributed by atoms with E-state index in [1.165, 1.54) is 18.3 Å². The van der Waals surface area contributed by atoms with Crippen molar-refractivity contribution in [2.45, 2.75) is 13.0 Å². The van der Waals surface area contributed by atoms with Crippen molar-refractivity contribution in [3.05, 3.63) is 69.9 Å². The second-order valence-corrected chi connectivity index (χ2v) is 6.27. The maximum Gasteiger partial charge on any atom is 0.269 e. The largest absolute Gasteiger partial charge is 0.493 e. The summed E-state index contributed by atoms with van der Waals surface area (Å²) in [4.78, 5) is 23.1. The topological polar surface area (TPSA) is 119 Å². The highest BCUT2D eigenvalue weighted by atomic mass is 16.6. The fourth-order valence-corrected chi connectivity index (χ4v) is 2.91. The minimum Gasteiger partial charge on any atom is -0.493 e. The second-order valence-electron chi connectivity index (χ2n) is 6.27. The van der Waals surface area contributed by atoms with Crippen LogP contribution in [0, 0.1) is 10.1 Å². The molecule has 0 radical (unpaired) electrons. The van der Waals surface area contributed by atoms with Crippen LogP contribution in [-0.2, 0) is 0 Å². The Labute approximate surface area is 166 Å². The first-order valence-corrected chi connectivity index (χ1v) is 8.75. The molecule has 9 nitrogen and oxygen atoms in total. The number of rotatable bonds is 7. The molecule has 29 heavy (non-hydrogen) atoms. The molecule has 0 aliphatic carbocycles. The molecule has 1 heterocycles. The molecule has 0 aliphatic heterocycles. The predicted octanol–water partition coefficient (Wildman–Crippen LogP) is 3.49. The summed E-state index contributed by atoms with van der Waals surface area (Å²) in [6.07, 6.45) is 1.42. The van der Waals surface area contributed by atoms with Gasteiger partial charge in [0.05, 0.1) is 42.6 Å². The van der Waals surface area contributed by atoms with Gasteiger partial charge in [-0.15, -0.1) is 0 Å². The van der Waals surface area contributed by atoms with Gasteiger partial charge in [0.2, 0.25) is 0 Å². The van der Waals surface area contributed by atoms with Gasteiger partial charge in [-0.1, -0.05) is 6.07 Å². The number of aromatic nitrogens is 2. The number of nitro groups is 1. The molecular formula is C20H20N4O5. The monoisotopic (exact) mass is 396 g/mol. The first kappa shape index (κ1) is 19.9. The highest BCUT2D eigenvalue weighted by Crippen LogP contribution is 2.30. The van der Waals surface area contributed by atoms with Crippen LogP contribution < -0.4 is 14.8 Å². The van der Waals surface area contributed by atoms with Gasteiger partial charge in [0.15, 0.2) is 11.5 Å². The molecular weight excluding hydrogens is 376 g/mol. The lowest BCUT2D eigenvalue weighted by Crippen LogP contribution is -2.26. The Balaban J connectivity index is 1.80. The SMILES string of the molecule is COc1ccc([C@H](C)NC(=O)c2cn[nH]c2-c2ccc([N+](=O)[O-])cc2)cc1OC. The standard InChI is InChI=1S/C20H20N4O5/c1-12(14-6-9-17(28-2)18(10-14)29-3)22-20(25)16-11-21-23-19(16)13-4-7-15(8-5-13)24(26)27/h4-12H,1-3H3,(H,21,23)(H,22,25)/t12-/m0/s1. The number of ether oxygens (including phenoxy) is 2. The third-order valence-electron chi connectivity index (χ3n) is 4.51. The smallest absolute Gasteiger partial charge is 0.269 e. The lowest BCUT2D eigenvalue weighted by molar-refractivity contribution is -0.384. The van der Waals surface area contributed by atoms with Crippen LogP contribution in [0.15, 0.2) is 48.7 Å². The van der Waals surface area contributed by atoms with Crippen molar-refractivity contribution in [2.75, 3.05) is 14.2 Å². The Morgan fingerprint density at radius 3 is 2.45 bits per heavy atom. The van der Waals surface area contributed by atoms with E-state index in [2.05, 4.69) is 15.5 Å². The summed E-state index contributed by atoms with van der Waals surface area (Å²) in [6.45, 7) is 1.85. The summed E-state index contributed by atoms with van der Waals surface area (Å²) in [7, 11) is 3.11. The maximum absolute atomic E-state index is 12.8. The van der Waals surface area contributed by atoms with Gasteiger partial charge in [0, 0.05) is 17.7 Å². The molecule has 0 unspecified atom stereocenters. The van der Waals surface area contributed by atoms with E-state index in [1.807, 2.05) is 13.0 Å². The summed E-state index contributed by atoms with van der Waals surface area (Å²) in [5, 5.41) is 20.5. The number of hydrogen-bond donors (Lipinski definition) is 2. The summed E-state index contributed by atoms with van der Waals surface area (Å²) in [6, 6.07) is 11.0. The molecule has 0 saturated carbocycles. The predicted molar refractivity (Wildman–Crippen MR) is 106 cm³/mol. The van der Waals surface area contributed by atoms with Crippen LogP contribution in [0.2, 0.25) is 0 Å². The molecule has 0 aliphatic rings. The normalized spacial score (nSPS) is 11.6. The van der Waals surface area contributed by atoms with Crippen LogP contribution in [0.25, 0.3) is 11.3 Å². The van der Waals surface area contributed by atoms with E-state index in [0.29, 0.717) is 28.3 Å². The summed E-state index contributed by atoms with van der Waals surface area (Å²) < 4.78 is 10.5. The van der Waals surface area contributed by atoms with Crippen LogP contribution in [0.1, 0.15) is 28.9 Å². The molecule has 1 atom stereocenters. The van der Waals surface area contributed by atoms with E-state index >= 15 is 0 Å². The molecule has 3 rings (SSSR count). The first-order chi connectivity index (χ1) is 13.9. The number of H-pyrrole nitrogens is 1. The maximum atomic E-state index is 12.8. The van der Waals surface area contributed by atoms with Crippen LogP contribution in [0.4, 0.5) is 5.69 Å². The van der Waals surface area contributed by atoms with Crippen LogP contribution in [-0.4, -0.2) is 35.2 Å². The first-order valence-electron chi connectivity index (χ1n) is 8.75. The quantitative estimate of drug-likeness (QED) is 0.466. The number of benzene rings is 2. The molecule has 2 N–H and O–H groups in total. The van der Waals surface area contributed by atoms with Gasteiger partial charge in [-0.05, 0) is 36.8 Å². The Kier molecular flexibility index (Phi) is 5.77. The third kappa shape index (κ3) is 4.18. The highest BCUT2D eigenvalue weighted by Gasteiger charge is 2.19. The number of non-ortho nitro benzene ring substituents is 1. The number of carbonyl (C=O) groups is 1. The van der Waals surface area contributed by atoms with Crippen LogP contribution in [0.5, 0.6) is 11.5 Å². The van der Waals surface area contributed by atoms with Gasteiger partial charge < -0.3 is 14.8 Å². The molecule has 1 amide bonds. The Hall–Kier alpha value is -3.88. The van der Waals surface area contributed by atoms with Gasteiger partial charge in [0.25, 0.3) is 11.6 Å². The zero-order valence-corrected chi connectivity index (χ0v) is 16.1. The van der Waals surface area contributed by atoms with E-state index in [1.54, 1.807) is 38.5 Å². The fraction of sp³-hybridized carbons (Fsp3) is 0.200. The number of aromatic amines is 1. The van der Waals surface area contributed by atoms with Crippen molar-refractivity contribution in [1.82, 2.24) is 15.5 Å². The summed E-state index contributed by atoms with van der Waals surface area (Å²) in [5.41, 5.74) is 2.26. The average Bonchev–Trinajstić information content (AvgIpc) is 3.23. The molecule has 150 valence electrons. The number of carbonyl (C=O) groups excluding carboxylic acids is 1. The van der Waals surface area contributed by atoms with E-state index < -0.39 is 4.92 Å². The Morgan fingerprint density at radius 1 is 1.14 bits per heavy atom. The number of nitrogens with one attached hydrogen (secondary N) is 2. The zero-order chi connectivity index (χ0) is 21.0. The van der Waals surface area contributed by atoms with Gasteiger partial charge in [0.1, 0.15) is 0 Å². The molecule has 0 fully saturated rings. The third-order valence-corrected chi connectivity index (χ3v) is 4.51. The van der Waals surface area contributed by atoms with Crippen molar-refractivity contribution >= 4 is 11.6 Å². The number of hydrogen-bond acceptors (Lipinski definition) is 6. The minimum absolute atomic E-state index is 0.0265. The van der Waals surface area contributed by atoms with E-state index in [0.717, 1.165) is 5.56 Å². The van der Waals surface area contributed by atoms with Crippen molar-refractivity contribution in [2.24, 2.45) is 0 Å². The van der Waals surface area contributed by atoms with Gasteiger partial charge in [-0.25, -0.2) is 0 Å². The number of nitrogens with zero attached hydrogens (tertiary/aromatic N) is 2. The summed E-state index contributed by atoms with van der Waals surface area (Å²) >= 11 is 0. The summed E-state index contributed by atoms with van der Waals surface area (Å²) in [5.74, 6) is 0.848. The molecule has 3 aromatic rings.